The van der Waals surface area contributed by atoms with Gasteiger partial charge in [-0.25, -0.2) is 0 Å². The van der Waals surface area contributed by atoms with E-state index < -0.39 is 5.41 Å². The molecule has 3 rings (SSSR count). The molecule has 0 fully saturated rings. The standard InChI is InChI=1S/C23H22O4.W/c1-16(24)27-22-14-8-19(9-15-22)23(2,17-4-10-20(25)11-5-17)18-6-12-21(26-3)13-7-18;/h4-15,25H,1-3H3;. The molecule has 0 saturated heterocycles. The maximum atomic E-state index is 11.2. The zero-order chi connectivity index (χ0) is 19.4. The first kappa shape index (κ1) is 21.7. The third kappa shape index (κ3) is 4.45. The van der Waals surface area contributed by atoms with Gasteiger partial charge in [0.15, 0.2) is 0 Å². The third-order valence-corrected chi connectivity index (χ3v) is 4.81. The molecule has 1 unspecified atom stereocenters. The Morgan fingerprint density at radius 3 is 1.57 bits per heavy atom. The average Bonchev–Trinajstić information content (AvgIpc) is 2.68. The van der Waals surface area contributed by atoms with Crippen LogP contribution >= 0.6 is 0 Å². The van der Waals surface area contributed by atoms with Crippen LogP contribution in [0.2, 0.25) is 0 Å². The molecule has 0 heterocycles. The van der Waals surface area contributed by atoms with Crippen molar-refractivity contribution in [2.24, 2.45) is 0 Å². The Balaban J connectivity index is 0.00000280. The molecular weight excluding hydrogens is 524 g/mol. The summed E-state index contributed by atoms with van der Waals surface area (Å²) in [6, 6.07) is 22.6. The van der Waals surface area contributed by atoms with Crippen LogP contribution in [0.15, 0.2) is 72.8 Å². The average molecular weight is 546 g/mol. The molecule has 28 heavy (non-hydrogen) atoms. The summed E-state index contributed by atoms with van der Waals surface area (Å²) >= 11 is 0. The number of esters is 1. The minimum Gasteiger partial charge on any atom is -0.508 e. The summed E-state index contributed by atoms with van der Waals surface area (Å²) in [6.07, 6.45) is 0. The van der Waals surface area contributed by atoms with Gasteiger partial charge in [-0.3, -0.25) is 4.79 Å². The Morgan fingerprint density at radius 2 is 1.18 bits per heavy atom. The number of carbonyl (C=O) groups excluding carboxylic acids is 1. The van der Waals surface area contributed by atoms with Crippen molar-refractivity contribution in [1.29, 1.82) is 0 Å². The molecule has 0 aliphatic carbocycles. The van der Waals surface area contributed by atoms with Crippen molar-refractivity contribution in [3.63, 3.8) is 0 Å². The summed E-state index contributed by atoms with van der Waals surface area (Å²) in [5.41, 5.74) is 2.68. The molecule has 4 nitrogen and oxygen atoms in total. The van der Waals surface area contributed by atoms with E-state index in [-0.39, 0.29) is 32.8 Å². The molecule has 1 atom stereocenters. The van der Waals surface area contributed by atoms with Crippen molar-refractivity contribution in [1.82, 2.24) is 0 Å². The van der Waals surface area contributed by atoms with Crippen LogP contribution in [0.1, 0.15) is 30.5 Å². The van der Waals surface area contributed by atoms with Gasteiger partial charge in [0.05, 0.1) is 7.11 Å². The van der Waals surface area contributed by atoms with Gasteiger partial charge in [0.2, 0.25) is 0 Å². The van der Waals surface area contributed by atoms with Gasteiger partial charge in [-0.05, 0) is 60.0 Å². The Kier molecular flexibility index (Phi) is 7.04. The summed E-state index contributed by atoms with van der Waals surface area (Å²) in [5.74, 6) is 1.17. The summed E-state index contributed by atoms with van der Waals surface area (Å²) < 4.78 is 10.4. The van der Waals surface area contributed by atoms with Crippen LogP contribution in [0.3, 0.4) is 0 Å². The molecule has 3 aromatic carbocycles. The topological polar surface area (TPSA) is 55.8 Å². The van der Waals surface area contributed by atoms with Crippen molar-refractivity contribution >= 4 is 5.97 Å². The molecule has 1 N–H and O–H groups in total. The number of phenolic OH excluding ortho intramolecular Hbond substituents is 1. The van der Waals surface area contributed by atoms with Gasteiger partial charge in [0.1, 0.15) is 17.2 Å². The Bertz CT molecular complexity index is 918. The molecule has 0 aliphatic heterocycles. The fourth-order valence-corrected chi connectivity index (χ4v) is 3.24. The quantitative estimate of drug-likeness (QED) is 0.287. The molecule has 5 heteroatoms. The van der Waals surface area contributed by atoms with E-state index in [0.717, 1.165) is 22.4 Å². The molecule has 0 aromatic heterocycles. The number of carbonyl (C=O) groups is 1. The van der Waals surface area contributed by atoms with Gasteiger partial charge in [0, 0.05) is 33.4 Å². The van der Waals surface area contributed by atoms with Gasteiger partial charge in [0.25, 0.3) is 0 Å². The number of hydrogen-bond donors (Lipinski definition) is 1. The van der Waals surface area contributed by atoms with Crippen LogP contribution in [0.5, 0.6) is 17.2 Å². The maximum absolute atomic E-state index is 11.2. The van der Waals surface area contributed by atoms with E-state index >= 15 is 0 Å². The third-order valence-electron chi connectivity index (χ3n) is 4.81. The molecule has 144 valence electrons. The van der Waals surface area contributed by atoms with Crippen molar-refractivity contribution in [2.45, 2.75) is 19.3 Å². The number of hydrogen-bond acceptors (Lipinski definition) is 4. The zero-order valence-corrected chi connectivity index (χ0v) is 18.9. The van der Waals surface area contributed by atoms with Crippen molar-refractivity contribution in [2.75, 3.05) is 7.11 Å². The molecule has 0 amide bonds. The second-order valence-corrected chi connectivity index (χ2v) is 6.52. The first-order valence-corrected chi connectivity index (χ1v) is 8.66. The van der Waals surface area contributed by atoms with Gasteiger partial charge in [-0.2, -0.15) is 0 Å². The molecule has 0 bridgehead atoms. The Morgan fingerprint density at radius 1 is 0.786 bits per heavy atom. The minimum atomic E-state index is -0.464. The maximum Gasteiger partial charge on any atom is 0.308 e. The second-order valence-electron chi connectivity index (χ2n) is 6.52. The molecule has 0 saturated carbocycles. The molecule has 0 aliphatic rings. The van der Waals surface area contributed by atoms with E-state index in [1.165, 1.54) is 6.92 Å². The summed E-state index contributed by atoms with van der Waals surface area (Å²) in [7, 11) is 1.64. The van der Waals surface area contributed by atoms with Gasteiger partial charge in [-0.15, -0.1) is 0 Å². The number of ether oxygens (including phenoxy) is 2. The van der Waals surface area contributed by atoms with E-state index in [0.29, 0.717) is 5.75 Å². The van der Waals surface area contributed by atoms with Crippen LogP contribution < -0.4 is 9.47 Å². The van der Waals surface area contributed by atoms with Crippen molar-refractivity contribution in [3.05, 3.63) is 89.5 Å². The van der Waals surface area contributed by atoms with E-state index in [1.54, 1.807) is 31.4 Å². The molecular formula is C23H22O4W. The van der Waals surface area contributed by atoms with Crippen LogP contribution in [-0.2, 0) is 31.3 Å². The zero-order valence-electron chi connectivity index (χ0n) is 16.0. The Hall–Kier alpha value is -2.58. The van der Waals surface area contributed by atoms with E-state index in [1.807, 2.05) is 48.5 Å². The fraction of sp³-hybridized carbons (Fsp3) is 0.174. The molecule has 3 aromatic rings. The molecule has 0 radical (unpaired) electrons. The van der Waals surface area contributed by atoms with Gasteiger partial charge in [-0.1, -0.05) is 36.4 Å². The minimum absolute atomic E-state index is 0. The number of methoxy groups -OCH3 is 1. The van der Waals surface area contributed by atoms with E-state index in [4.69, 9.17) is 9.47 Å². The second kappa shape index (κ2) is 9.07. The van der Waals surface area contributed by atoms with Crippen LogP contribution in [0, 0.1) is 0 Å². The largest absolute Gasteiger partial charge is 0.508 e. The number of phenols is 1. The molecule has 0 spiro atoms. The number of rotatable bonds is 5. The smallest absolute Gasteiger partial charge is 0.308 e. The fourth-order valence-electron chi connectivity index (χ4n) is 3.24. The monoisotopic (exact) mass is 546 g/mol. The first-order chi connectivity index (χ1) is 12.9. The van der Waals surface area contributed by atoms with Gasteiger partial charge >= 0.3 is 5.97 Å². The number of benzene rings is 3. The van der Waals surface area contributed by atoms with Crippen LogP contribution in [0.4, 0.5) is 0 Å². The van der Waals surface area contributed by atoms with Gasteiger partial charge < -0.3 is 14.6 Å². The predicted octanol–water partition coefficient (Wildman–Crippen LogP) is 4.68. The summed E-state index contributed by atoms with van der Waals surface area (Å²) in [5, 5.41) is 9.69. The van der Waals surface area contributed by atoms with Crippen LogP contribution in [0.25, 0.3) is 0 Å². The predicted molar refractivity (Wildman–Crippen MR) is 104 cm³/mol. The Labute approximate surface area is 179 Å². The van der Waals surface area contributed by atoms with E-state index in [9.17, 15) is 9.90 Å². The summed E-state index contributed by atoms with van der Waals surface area (Å²) in [4.78, 5) is 11.2. The van der Waals surface area contributed by atoms with Crippen molar-refractivity contribution < 1.29 is 40.4 Å². The van der Waals surface area contributed by atoms with Crippen LogP contribution in [-0.4, -0.2) is 18.2 Å². The van der Waals surface area contributed by atoms with Crippen molar-refractivity contribution in [3.8, 4) is 17.2 Å². The van der Waals surface area contributed by atoms with E-state index in [2.05, 4.69) is 6.92 Å². The first-order valence-electron chi connectivity index (χ1n) is 8.66. The normalized spacial score (nSPS) is 12.4. The number of aromatic hydroxyl groups is 1. The summed E-state index contributed by atoms with van der Waals surface area (Å²) in [6.45, 7) is 3.51. The SMILES string of the molecule is COc1ccc(C(C)(c2ccc(O)cc2)c2ccc(OC(C)=O)cc2)cc1.[W].